The second kappa shape index (κ2) is 5.49. The minimum Gasteiger partial charge on any atom is -0.461 e. The van der Waals surface area contributed by atoms with Crippen molar-refractivity contribution in [2.24, 2.45) is 5.92 Å². The summed E-state index contributed by atoms with van der Waals surface area (Å²) in [5, 5.41) is 0. The van der Waals surface area contributed by atoms with Crippen LogP contribution in [0.4, 0.5) is 0 Å². The van der Waals surface area contributed by atoms with Gasteiger partial charge in [-0.2, -0.15) is 0 Å². The summed E-state index contributed by atoms with van der Waals surface area (Å²) in [6.07, 6.45) is 9.98. The van der Waals surface area contributed by atoms with Crippen molar-refractivity contribution in [1.29, 1.82) is 0 Å². The van der Waals surface area contributed by atoms with E-state index in [4.69, 9.17) is 4.74 Å². The molecular formula is C18H18O2. The van der Waals surface area contributed by atoms with Crippen molar-refractivity contribution >= 4 is 11.5 Å². The first-order valence-electron chi connectivity index (χ1n) is 7.11. The third-order valence-corrected chi connectivity index (χ3v) is 3.93. The lowest BCUT2D eigenvalue weighted by molar-refractivity contribution is -0.141. The standard InChI is InChI=1S/C18H18O2/c1-2-18(19)20-12-17-15-9-5-3-7-13(15)11-14-8-4-6-10-16(14)17/h3-10,13H,2,11-12H2,1H3. The Bertz CT molecular complexity index is 620. The zero-order chi connectivity index (χ0) is 13.9. The summed E-state index contributed by atoms with van der Waals surface area (Å²) in [4.78, 5) is 11.4. The molecule has 1 aromatic carbocycles. The number of fused-ring (bicyclic) bond motifs is 2. The van der Waals surface area contributed by atoms with Crippen LogP contribution in [-0.2, 0) is 16.0 Å². The summed E-state index contributed by atoms with van der Waals surface area (Å²) < 4.78 is 5.38. The molecule has 20 heavy (non-hydrogen) atoms. The van der Waals surface area contributed by atoms with Gasteiger partial charge >= 0.3 is 5.97 Å². The van der Waals surface area contributed by atoms with Crippen LogP contribution in [0.3, 0.4) is 0 Å². The molecule has 1 aromatic rings. The van der Waals surface area contributed by atoms with Crippen LogP contribution in [-0.4, -0.2) is 12.6 Å². The second-order valence-electron chi connectivity index (χ2n) is 5.16. The van der Waals surface area contributed by atoms with Gasteiger partial charge < -0.3 is 4.74 Å². The number of rotatable bonds is 3. The van der Waals surface area contributed by atoms with Crippen LogP contribution in [0, 0.1) is 5.92 Å². The molecule has 0 bridgehead atoms. The van der Waals surface area contributed by atoms with E-state index in [1.807, 2.05) is 13.0 Å². The lowest BCUT2D eigenvalue weighted by Crippen LogP contribution is -2.18. The van der Waals surface area contributed by atoms with Gasteiger partial charge in [-0.05, 0) is 23.1 Å². The van der Waals surface area contributed by atoms with Crippen LogP contribution in [0.1, 0.15) is 24.5 Å². The van der Waals surface area contributed by atoms with Gasteiger partial charge in [0.2, 0.25) is 0 Å². The van der Waals surface area contributed by atoms with Crippen molar-refractivity contribution < 1.29 is 9.53 Å². The highest BCUT2D eigenvalue weighted by atomic mass is 16.5. The van der Waals surface area contributed by atoms with Gasteiger partial charge in [-0.15, -0.1) is 0 Å². The first kappa shape index (κ1) is 12.9. The SMILES string of the molecule is CCC(=O)OCC1=C2C=CC=CC2Cc2ccccc21. The highest BCUT2D eigenvalue weighted by Crippen LogP contribution is 2.37. The summed E-state index contributed by atoms with van der Waals surface area (Å²) in [6, 6.07) is 8.41. The van der Waals surface area contributed by atoms with E-state index in [0.717, 1.165) is 12.0 Å². The van der Waals surface area contributed by atoms with E-state index in [2.05, 4.69) is 42.5 Å². The fraction of sp³-hybridized carbons (Fsp3) is 0.278. The van der Waals surface area contributed by atoms with E-state index >= 15 is 0 Å². The van der Waals surface area contributed by atoms with Crippen molar-refractivity contribution in [3.05, 3.63) is 65.3 Å². The maximum absolute atomic E-state index is 11.4. The van der Waals surface area contributed by atoms with Crippen molar-refractivity contribution in [3.8, 4) is 0 Å². The van der Waals surface area contributed by atoms with Gasteiger partial charge in [0.05, 0.1) is 0 Å². The van der Waals surface area contributed by atoms with Crippen LogP contribution in [0.25, 0.3) is 5.57 Å². The molecule has 2 heteroatoms. The topological polar surface area (TPSA) is 26.3 Å². The quantitative estimate of drug-likeness (QED) is 0.780. The van der Waals surface area contributed by atoms with E-state index < -0.39 is 0 Å². The van der Waals surface area contributed by atoms with Gasteiger partial charge in [-0.25, -0.2) is 0 Å². The third kappa shape index (κ3) is 2.34. The van der Waals surface area contributed by atoms with Crippen LogP contribution >= 0.6 is 0 Å². The number of hydrogen-bond donors (Lipinski definition) is 0. The molecule has 1 atom stereocenters. The normalized spacial score (nSPS) is 19.6. The maximum Gasteiger partial charge on any atom is 0.305 e. The number of hydrogen-bond acceptors (Lipinski definition) is 2. The Balaban J connectivity index is 2.00. The largest absolute Gasteiger partial charge is 0.461 e. The molecule has 0 aliphatic heterocycles. The Labute approximate surface area is 119 Å². The Hall–Kier alpha value is -2.09. The predicted octanol–water partition coefficient (Wildman–Crippen LogP) is 3.69. The molecule has 2 nitrogen and oxygen atoms in total. The molecule has 0 amide bonds. The number of benzene rings is 1. The van der Waals surface area contributed by atoms with Crippen LogP contribution in [0.15, 0.2) is 54.1 Å². The first-order valence-corrected chi connectivity index (χ1v) is 7.11. The number of carbonyl (C=O) groups excluding carboxylic acids is 1. The molecule has 0 fully saturated rings. The van der Waals surface area contributed by atoms with Crippen molar-refractivity contribution in [1.82, 2.24) is 0 Å². The average molecular weight is 266 g/mol. The third-order valence-electron chi connectivity index (χ3n) is 3.93. The summed E-state index contributed by atoms with van der Waals surface area (Å²) in [5.74, 6) is 0.262. The zero-order valence-corrected chi connectivity index (χ0v) is 11.6. The van der Waals surface area contributed by atoms with E-state index in [-0.39, 0.29) is 5.97 Å². The minimum atomic E-state index is -0.145. The van der Waals surface area contributed by atoms with Crippen LogP contribution < -0.4 is 0 Å². The minimum absolute atomic E-state index is 0.145. The lowest BCUT2D eigenvalue weighted by atomic mass is 9.77. The molecule has 2 aliphatic carbocycles. The molecule has 0 radical (unpaired) electrons. The van der Waals surface area contributed by atoms with E-state index in [0.29, 0.717) is 18.9 Å². The molecule has 0 aromatic heterocycles. The average Bonchev–Trinajstić information content (AvgIpc) is 2.51. The van der Waals surface area contributed by atoms with Gasteiger partial charge in [0.15, 0.2) is 0 Å². The summed E-state index contributed by atoms with van der Waals surface area (Å²) >= 11 is 0. The highest BCUT2D eigenvalue weighted by molar-refractivity contribution is 5.79. The van der Waals surface area contributed by atoms with Crippen molar-refractivity contribution in [3.63, 3.8) is 0 Å². The monoisotopic (exact) mass is 266 g/mol. The fourth-order valence-electron chi connectivity index (χ4n) is 2.89. The van der Waals surface area contributed by atoms with Gasteiger partial charge in [-0.3, -0.25) is 4.79 Å². The molecule has 0 saturated heterocycles. The Morgan fingerprint density at radius 1 is 1.30 bits per heavy atom. The molecular weight excluding hydrogens is 248 g/mol. The first-order chi connectivity index (χ1) is 9.79. The Morgan fingerprint density at radius 2 is 2.15 bits per heavy atom. The highest BCUT2D eigenvalue weighted by Gasteiger charge is 2.25. The van der Waals surface area contributed by atoms with Crippen molar-refractivity contribution in [2.45, 2.75) is 19.8 Å². The second-order valence-corrected chi connectivity index (χ2v) is 5.16. The molecule has 0 N–H and O–H groups in total. The number of allylic oxidation sites excluding steroid dienone is 5. The fourth-order valence-corrected chi connectivity index (χ4v) is 2.89. The molecule has 0 saturated carbocycles. The Kier molecular flexibility index (Phi) is 3.55. The van der Waals surface area contributed by atoms with Crippen LogP contribution in [0.5, 0.6) is 0 Å². The molecule has 3 rings (SSSR count). The summed E-state index contributed by atoms with van der Waals surface area (Å²) in [6.45, 7) is 2.19. The number of ether oxygens (including phenoxy) is 1. The van der Waals surface area contributed by atoms with Gasteiger partial charge in [0.25, 0.3) is 0 Å². The lowest BCUT2D eigenvalue weighted by Gasteiger charge is -2.28. The molecule has 102 valence electrons. The van der Waals surface area contributed by atoms with E-state index in [1.165, 1.54) is 16.7 Å². The zero-order valence-electron chi connectivity index (χ0n) is 11.6. The summed E-state index contributed by atoms with van der Waals surface area (Å²) in [7, 11) is 0. The Morgan fingerprint density at radius 3 is 3.00 bits per heavy atom. The molecule has 2 aliphatic rings. The van der Waals surface area contributed by atoms with Gasteiger partial charge in [0.1, 0.15) is 6.61 Å². The van der Waals surface area contributed by atoms with E-state index in [9.17, 15) is 4.79 Å². The smallest absolute Gasteiger partial charge is 0.305 e. The van der Waals surface area contributed by atoms with Gasteiger partial charge in [-0.1, -0.05) is 55.5 Å². The maximum atomic E-state index is 11.4. The molecule has 1 unspecified atom stereocenters. The number of carbonyl (C=O) groups is 1. The molecule has 0 spiro atoms. The van der Waals surface area contributed by atoms with Gasteiger partial charge in [0, 0.05) is 17.9 Å². The van der Waals surface area contributed by atoms with Crippen LogP contribution in [0.2, 0.25) is 0 Å². The summed E-state index contributed by atoms with van der Waals surface area (Å²) in [5.41, 5.74) is 5.00. The van der Waals surface area contributed by atoms with Crippen molar-refractivity contribution in [2.75, 3.05) is 6.61 Å². The van der Waals surface area contributed by atoms with E-state index in [1.54, 1.807) is 0 Å². The predicted molar refractivity (Wildman–Crippen MR) is 80.1 cm³/mol. The molecule has 0 heterocycles. The number of esters is 1.